The van der Waals surface area contributed by atoms with E-state index in [1.54, 1.807) is 0 Å². The monoisotopic (exact) mass is 154 g/mol. The minimum Gasteiger partial charge on any atom is -0.314 e. The third kappa shape index (κ3) is 2.87. The van der Waals surface area contributed by atoms with Crippen LogP contribution >= 0.6 is 0 Å². The van der Waals surface area contributed by atoms with Crippen LogP contribution in [0.5, 0.6) is 0 Å². The Morgan fingerprint density at radius 3 is 2.40 bits per heavy atom. The second kappa shape index (κ2) is 3.61. The molecule has 0 radical (unpaired) electrons. The van der Waals surface area contributed by atoms with Crippen molar-refractivity contribution in [3.8, 4) is 0 Å². The Bertz CT molecular complexity index is 122. The maximum Gasteiger partial charge on any atom is 0.378 e. The van der Waals surface area contributed by atoms with Gasteiger partial charge in [0.1, 0.15) is 6.67 Å². The molecule has 10 heavy (non-hydrogen) atoms. The van der Waals surface area contributed by atoms with Crippen LogP contribution in [0.2, 0.25) is 0 Å². The molecule has 0 atom stereocenters. The standard InChI is InChI=1S/C6H9F3O/c1-5(2)6(8,9)10-4-3-7/h1,3-4H2,2H3. The highest BCUT2D eigenvalue weighted by molar-refractivity contribution is 4.97. The Morgan fingerprint density at radius 2 is 2.10 bits per heavy atom. The first-order chi connectivity index (χ1) is 4.50. The molecule has 0 aromatic carbocycles. The van der Waals surface area contributed by atoms with Gasteiger partial charge in [-0.1, -0.05) is 6.58 Å². The van der Waals surface area contributed by atoms with Crippen LogP contribution in [0.25, 0.3) is 0 Å². The maximum absolute atomic E-state index is 12.2. The second-order valence-corrected chi connectivity index (χ2v) is 1.83. The van der Waals surface area contributed by atoms with E-state index >= 15 is 0 Å². The molecule has 0 saturated carbocycles. The van der Waals surface area contributed by atoms with Crippen molar-refractivity contribution >= 4 is 0 Å². The molecule has 4 heteroatoms. The highest BCUT2D eigenvalue weighted by Gasteiger charge is 2.30. The highest BCUT2D eigenvalue weighted by atomic mass is 19.3. The molecule has 60 valence electrons. The van der Waals surface area contributed by atoms with Crippen LogP contribution in [0.1, 0.15) is 6.92 Å². The summed E-state index contributed by atoms with van der Waals surface area (Å²) in [5, 5.41) is 0. The van der Waals surface area contributed by atoms with Crippen LogP contribution in [0.15, 0.2) is 12.2 Å². The third-order valence-electron chi connectivity index (χ3n) is 0.857. The molecule has 0 unspecified atom stereocenters. The number of alkyl halides is 3. The summed E-state index contributed by atoms with van der Waals surface area (Å²) in [5.74, 6) is 0. The summed E-state index contributed by atoms with van der Waals surface area (Å²) in [6.07, 6.45) is -3.38. The Labute approximate surface area is 57.5 Å². The van der Waals surface area contributed by atoms with Crippen molar-refractivity contribution in [1.29, 1.82) is 0 Å². The zero-order valence-corrected chi connectivity index (χ0v) is 5.66. The Balaban J connectivity index is 3.75. The van der Waals surface area contributed by atoms with Crippen molar-refractivity contribution < 1.29 is 17.9 Å². The van der Waals surface area contributed by atoms with Crippen molar-refractivity contribution in [2.45, 2.75) is 13.0 Å². The molecule has 0 saturated heterocycles. The van der Waals surface area contributed by atoms with Gasteiger partial charge in [0, 0.05) is 5.57 Å². The molecule has 0 aliphatic carbocycles. The van der Waals surface area contributed by atoms with E-state index in [2.05, 4.69) is 11.3 Å². The molecule has 0 rings (SSSR count). The van der Waals surface area contributed by atoms with Crippen molar-refractivity contribution in [3.05, 3.63) is 12.2 Å². The molecular weight excluding hydrogens is 145 g/mol. The summed E-state index contributed by atoms with van der Waals surface area (Å²) in [7, 11) is 0. The molecule has 0 spiro atoms. The number of hydrogen-bond acceptors (Lipinski definition) is 1. The quantitative estimate of drug-likeness (QED) is 0.563. The van der Waals surface area contributed by atoms with Crippen LogP contribution in [-0.2, 0) is 4.74 Å². The zero-order valence-electron chi connectivity index (χ0n) is 5.66. The van der Waals surface area contributed by atoms with Gasteiger partial charge < -0.3 is 4.74 Å². The number of halogens is 3. The van der Waals surface area contributed by atoms with E-state index in [9.17, 15) is 13.2 Å². The number of rotatable bonds is 4. The predicted octanol–water partition coefficient (Wildman–Crippen LogP) is 2.14. The molecule has 0 heterocycles. The maximum atomic E-state index is 12.2. The molecule has 0 bridgehead atoms. The lowest BCUT2D eigenvalue weighted by Crippen LogP contribution is -2.22. The van der Waals surface area contributed by atoms with E-state index in [4.69, 9.17) is 0 Å². The van der Waals surface area contributed by atoms with Gasteiger partial charge in [0.2, 0.25) is 0 Å². The summed E-state index contributed by atoms with van der Waals surface area (Å²) in [4.78, 5) is 0. The van der Waals surface area contributed by atoms with Gasteiger partial charge in [-0.3, -0.25) is 0 Å². The first kappa shape index (κ1) is 9.49. The lowest BCUT2D eigenvalue weighted by atomic mass is 10.3. The fourth-order valence-electron chi connectivity index (χ4n) is 0.290. The smallest absolute Gasteiger partial charge is 0.314 e. The summed E-state index contributed by atoms with van der Waals surface area (Å²) < 4.78 is 39.6. The predicted molar refractivity (Wildman–Crippen MR) is 31.7 cm³/mol. The molecule has 0 aromatic heterocycles. The Kier molecular flexibility index (Phi) is 3.42. The van der Waals surface area contributed by atoms with Crippen molar-refractivity contribution in [3.63, 3.8) is 0 Å². The summed E-state index contributed by atoms with van der Waals surface area (Å²) in [6, 6.07) is 0. The van der Waals surface area contributed by atoms with E-state index < -0.39 is 25.0 Å². The van der Waals surface area contributed by atoms with Crippen LogP contribution < -0.4 is 0 Å². The largest absolute Gasteiger partial charge is 0.378 e. The molecule has 0 fully saturated rings. The van der Waals surface area contributed by atoms with Gasteiger partial charge in [-0.2, -0.15) is 8.78 Å². The topological polar surface area (TPSA) is 9.23 Å². The first-order valence-corrected chi connectivity index (χ1v) is 2.74. The van der Waals surface area contributed by atoms with Gasteiger partial charge in [0.25, 0.3) is 0 Å². The minimum absolute atomic E-state index is 0.416. The van der Waals surface area contributed by atoms with Crippen LogP contribution in [-0.4, -0.2) is 19.4 Å². The van der Waals surface area contributed by atoms with Gasteiger partial charge >= 0.3 is 6.11 Å². The average molecular weight is 154 g/mol. The summed E-state index contributed by atoms with van der Waals surface area (Å²) in [6.45, 7) is 2.59. The van der Waals surface area contributed by atoms with Crippen molar-refractivity contribution in [1.82, 2.24) is 0 Å². The molecule has 0 aliphatic heterocycles. The van der Waals surface area contributed by atoms with Crippen LogP contribution in [0, 0.1) is 0 Å². The fraction of sp³-hybridized carbons (Fsp3) is 0.667. The molecular formula is C6H9F3O. The zero-order chi connectivity index (χ0) is 8.20. The molecule has 0 aliphatic rings. The van der Waals surface area contributed by atoms with Crippen molar-refractivity contribution in [2.24, 2.45) is 0 Å². The third-order valence-corrected chi connectivity index (χ3v) is 0.857. The normalized spacial score (nSPS) is 11.6. The minimum atomic E-state index is -3.38. The van der Waals surface area contributed by atoms with E-state index in [0.717, 1.165) is 6.92 Å². The molecule has 0 aromatic rings. The molecule has 1 nitrogen and oxygen atoms in total. The number of hydrogen-bond donors (Lipinski definition) is 0. The Morgan fingerprint density at radius 1 is 1.60 bits per heavy atom. The van der Waals surface area contributed by atoms with Gasteiger partial charge in [-0.05, 0) is 6.92 Å². The average Bonchev–Trinajstić information content (AvgIpc) is 1.84. The van der Waals surface area contributed by atoms with Gasteiger partial charge in [-0.15, -0.1) is 0 Å². The first-order valence-electron chi connectivity index (χ1n) is 2.74. The van der Waals surface area contributed by atoms with Gasteiger partial charge in [0.15, 0.2) is 0 Å². The molecule has 0 amide bonds. The van der Waals surface area contributed by atoms with E-state index in [-0.39, 0.29) is 0 Å². The van der Waals surface area contributed by atoms with Gasteiger partial charge in [0.05, 0.1) is 6.61 Å². The van der Waals surface area contributed by atoms with E-state index in [1.165, 1.54) is 0 Å². The van der Waals surface area contributed by atoms with E-state index in [0.29, 0.717) is 0 Å². The lowest BCUT2D eigenvalue weighted by molar-refractivity contribution is -0.209. The second-order valence-electron chi connectivity index (χ2n) is 1.83. The lowest BCUT2D eigenvalue weighted by Gasteiger charge is -2.14. The van der Waals surface area contributed by atoms with Crippen LogP contribution in [0.4, 0.5) is 13.2 Å². The fourth-order valence-corrected chi connectivity index (χ4v) is 0.290. The number of ether oxygens (including phenoxy) is 1. The summed E-state index contributed by atoms with van der Waals surface area (Å²) in [5.41, 5.74) is -0.416. The Hall–Kier alpha value is -0.510. The summed E-state index contributed by atoms with van der Waals surface area (Å²) >= 11 is 0. The SMILES string of the molecule is C=C(C)C(F)(F)OCCF. The molecule has 0 N–H and O–H groups in total. The van der Waals surface area contributed by atoms with Crippen LogP contribution in [0.3, 0.4) is 0 Å². The highest BCUT2D eigenvalue weighted by Crippen LogP contribution is 2.22. The van der Waals surface area contributed by atoms with Gasteiger partial charge in [-0.25, -0.2) is 4.39 Å². The van der Waals surface area contributed by atoms with E-state index in [1.807, 2.05) is 0 Å². The van der Waals surface area contributed by atoms with Crippen molar-refractivity contribution in [2.75, 3.05) is 13.3 Å².